The van der Waals surface area contributed by atoms with Crippen molar-refractivity contribution in [1.29, 1.82) is 0 Å². The number of para-hydroxylation sites is 2. The quantitative estimate of drug-likeness (QED) is 0.694. The number of urea groups is 1. The first-order chi connectivity index (χ1) is 11.5. The Hall–Kier alpha value is -2.08. The van der Waals surface area contributed by atoms with Crippen LogP contribution in [-0.4, -0.2) is 39.9 Å². The number of fused-ring (bicyclic) bond motifs is 1. The lowest BCUT2D eigenvalue weighted by Crippen LogP contribution is -2.39. The number of aryl methyl sites for hydroxylation is 1. The van der Waals surface area contributed by atoms with Gasteiger partial charge in [-0.05, 0) is 38.3 Å². The summed E-state index contributed by atoms with van der Waals surface area (Å²) in [5.41, 5.74) is 2.12. The Kier molecular flexibility index (Phi) is 6.61. The molecule has 0 bridgehead atoms. The van der Waals surface area contributed by atoms with Gasteiger partial charge >= 0.3 is 6.03 Å². The summed E-state index contributed by atoms with van der Waals surface area (Å²) in [5.74, 6) is 1.24. The zero-order chi connectivity index (χ0) is 17.5. The van der Waals surface area contributed by atoms with Gasteiger partial charge in [0, 0.05) is 26.1 Å². The summed E-state index contributed by atoms with van der Waals surface area (Å²) in [6, 6.07) is 7.90. The third kappa shape index (κ3) is 4.96. The number of carbonyl (C=O) groups is 1. The highest BCUT2D eigenvalue weighted by Gasteiger charge is 2.10. The number of benzene rings is 1. The molecule has 0 radical (unpaired) electrons. The summed E-state index contributed by atoms with van der Waals surface area (Å²) in [5, 5.41) is 15.0. The van der Waals surface area contributed by atoms with Crippen molar-refractivity contribution in [2.24, 2.45) is 5.92 Å². The zero-order valence-corrected chi connectivity index (χ0v) is 14.7. The average Bonchev–Trinajstić information content (AvgIpc) is 2.89. The fourth-order valence-electron chi connectivity index (χ4n) is 2.95. The minimum atomic E-state index is -0.341. The first-order valence-corrected chi connectivity index (χ1v) is 8.65. The van der Waals surface area contributed by atoms with Crippen LogP contribution in [0.1, 0.15) is 33.0 Å². The number of aliphatic hydroxyl groups is 1. The van der Waals surface area contributed by atoms with E-state index in [9.17, 15) is 9.90 Å². The molecule has 0 saturated heterocycles. The van der Waals surface area contributed by atoms with E-state index >= 15 is 0 Å². The van der Waals surface area contributed by atoms with Crippen molar-refractivity contribution in [2.45, 2.75) is 46.3 Å². The molecule has 2 rings (SSSR count). The molecule has 3 N–H and O–H groups in total. The number of aliphatic hydroxyl groups excluding tert-OH is 1. The maximum absolute atomic E-state index is 11.8. The second-order valence-corrected chi connectivity index (χ2v) is 6.34. The Morgan fingerprint density at radius 1 is 1.29 bits per heavy atom. The third-order valence-corrected chi connectivity index (χ3v) is 4.04. The van der Waals surface area contributed by atoms with E-state index in [1.807, 2.05) is 25.1 Å². The standard InChI is InChI=1S/C18H28N4O2/c1-4-22-16-8-6-5-7-15(16)21-17(22)9-10-19-18(24)20-12-13(2)11-14(3)23/h5-8,13-14,23H,4,9-12H2,1-3H3,(H2,19,20,24). The van der Waals surface area contributed by atoms with Crippen LogP contribution in [0.25, 0.3) is 11.0 Å². The lowest BCUT2D eigenvalue weighted by Gasteiger charge is -2.14. The molecule has 6 nitrogen and oxygen atoms in total. The van der Waals surface area contributed by atoms with Crippen LogP contribution < -0.4 is 10.6 Å². The van der Waals surface area contributed by atoms with Gasteiger partial charge in [-0.2, -0.15) is 0 Å². The van der Waals surface area contributed by atoms with Crippen LogP contribution in [-0.2, 0) is 13.0 Å². The highest BCUT2D eigenvalue weighted by molar-refractivity contribution is 5.76. The van der Waals surface area contributed by atoms with Crippen molar-refractivity contribution >= 4 is 17.1 Å². The van der Waals surface area contributed by atoms with Gasteiger partial charge in [0.2, 0.25) is 0 Å². The Balaban J connectivity index is 1.81. The van der Waals surface area contributed by atoms with E-state index in [2.05, 4.69) is 33.2 Å². The Bertz CT molecular complexity index is 666. The van der Waals surface area contributed by atoms with Gasteiger partial charge in [-0.3, -0.25) is 0 Å². The number of carbonyl (C=O) groups excluding carboxylic acids is 1. The van der Waals surface area contributed by atoms with Gasteiger partial charge in [0.1, 0.15) is 5.82 Å². The first kappa shape index (κ1) is 18.3. The van der Waals surface area contributed by atoms with Gasteiger partial charge in [-0.15, -0.1) is 0 Å². The van der Waals surface area contributed by atoms with Gasteiger partial charge < -0.3 is 20.3 Å². The van der Waals surface area contributed by atoms with Crippen LogP contribution in [0.15, 0.2) is 24.3 Å². The van der Waals surface area contributed by atoms with Gasteiger partial charge in [-0.1, -0.05) is 19.1 Å². The Morgan fingerprint density at radius 2 is 2.04 bits per heavy atom. The molecule has 2 atom stereocenters. The SMILES string of the molecule is CCn1c(CCNC(=O)NCC(C)CC(C)O)nc2ccccc21. The van der Waals surface area contributed by atoms with Crippen molar-refractivity contribution in [1.82, 2.24) is 20.2 Å². The topological polar surface area (TPSA) is 79.2 Å². The molecule has 0 aliphatic rings. The number of nitrogens with zero attached hydrogens (tertiary/aromatic N) is 2. The van der Waals surface area contributed by atoms with Crippen molar-refractivity contribution in [3.63, 3.8) is 0 Å². The molecular weight excluding hydrogens is 304 g/mol. The molecule has 1 aromatic heterocycles. The summed E-state index contributed by atoms with van der Waals surface area (Å²) in [7, 11) is 0. The lowest BCUT2D eigenvalue weighted by molar-refractivity contribution is 0.163. The molecule has 2 aromatic rings. The number of aromatic nitrogens is 2. The summed E-state index contributed by atoms with van der Waals surface area (Å²) in [6.45, 7) is 7.83. The largest absolute Gasteiger partial charge is 0.393 e. The normalized spacial score (nSPS) is 13.7. The summed E-state index contributed by atoms with van der Waals surface area (Å²) in [4.78, 5) is 16.5. The molecule has 132 valence electrons. The fourth-order valence-corrected chi connectivity index (χ4v) is 2.95. The molecule has 0 aliphatic carbocycles. The van der Waals surface area contributed by atoms with Crippen molar-refractivity contribution in [3.05, 3.63) is 30.1 Å². The molecule has 2 unspecified atom stereocenters. The van der Waals surface area contributed by atoms with Crippen LogP contribution >= 0.6 is 0 Å². The Labute approximate surface area is 143 Å². The number of hydrogen-bond acceptors (Lipinski definition) is 3. The summed E-state index contributed by atoms with van der Waals surface area (Å²) < 4.78 is 2.18. The molecule has 24 heavy (non-hydrogen) atoms. The molecule has 0 saturated carbocycles. The monoisotopic (exact) mass is 332 g/mol. The fraction of sp³-hybridized carbons (Fsp3) is 0.556. The van der Waals surface area contributed by atoms with E-state index in [4.69, 9.17) is 0 Å². The summed E-state index contributed by atoms with van der Waals surface area (Å²) >= 11 is 0. The molecule has 0 spiro atoms. The predicted molar refractivity (Wildman–Crippen MR) is 96.0 cm³/mol. The molecule has 2 amide bonds. The van der Waals surface area contributed by atoms with E-state index in [1.165, 1.54) is 0 Å². The maximum atomic E-state index is 11.8. The molecule has 6 heteroatoms. The van der Waals surface area contributed by atoms with E-state index in [-0.39, 0.29) is 18.1 Å². The highest BCUT2D eigenvalue weighted by atomic mass is 16.3. The van der Waals surface area contributed by atoms with E-state index < -0.39 is 0 Å². The predicted octanol–water partition coefficient (Wildman–Crippen LogP) is 2.30. The van der Waals surface area contributed by atoms with Gasteiger partial charge in [0.05, 0.1) is 17.1 Å². The zero-order valence-electron chi connectivity index (χ0n) is 14.7. The van der Waals surface area contributed by atoms with Crippen LogP contribution in [0.5, 0.6) is 0 Å². The minimum absolute atomic E-state index is 0.174. The molecule has 0 fully saturated rings. The van der Waals surface area contributed by atoms with Crippen LogP contribution in [0.3, 0.4) is 0 Å². The van der Waals surface area contributed by atoms with E-state index in [0.29, 0.717) is 25.9 Å². The van der Waals surface area contributed by atoms with Crippen molar-refractivity contribution < 1.29 is 9.90 Å². The number of imidazole rings is 1. The first-order valence-electron chi connectivity index (χ1n) is 8.65. The molecule has 1 heterocycles. The van der Waals surface area contributed by atoms with E-state index in [1.54, 1.807) is 6.92 Å². The van der Waals surface area contributed by atoms with E-state index in [0.717, 1.165) is 23.4 Å². The highest BCUT2D eigenvalue weighted by Crippen LogP contribution is 2.15. The number of nitrogens with one attached hydrogen (secondary N) is 2. The van der Waals surface area contributed by atoms with Gasteiger partial charge in [0.15, 0.2) is 0 Å². The number of rotatable bonds is 8. The summed E-state index contributed by atoms with van der Waals surface area (Å²) in [6.07, 6.45) is 1.03. The van der Waals surface area contributed by atoms with Crippen LogP contribution in [0.4, 0.5) is 4.79 Å². The third-order valence-electron chi connectivity index (χ3n) is 4.04. The maximum Gasteiger partial charge on any atom is 0.314 e. The minimum Gasteiger partial charge on any atom is -0.393 e. The second-order valence-electron chi connectivity index (χ2n) is 6.34. The molecular formula is C18H28N4O2. The van der Waals surface area contributed by atoms with Crippen molar-refractivity contribution in [3.8, 4) is 0 Å². The smallest absolute Gasteiger partial charge is 0.314 e. The lowest BCUT2D eigenvalue weighted by atomic mass is 10.1. The molecule has 0 aliphatic heterocycles. The second kappa shape index (κ2) is 8.68. The van der Waals surface area contributed by atoms with Crippen LogP contribution in [0.2, 0.25) is 0 Å². The van der Waals surface area contributed by atoms with Gasteiger partial charge in [-0.25, -0.2) is 9.78 Å². The average molecular weight is 332 g/mol. The molecule has 1 aromatic carbocycles. The number of hydrogen-bond donors (Lipinski definition) is 3. The Morgan fingerprint density at radius 3 is 2.75 bits per heavy atom. The van der Waals surface area contributed by atoms with Crippen LogP contribution in [0, 0.1) is 5.92 Å². The van der Waals surface area contributed by atoms with Gasteiger partial charge in [0.25, 0.3) is 0 Å². The van der Waals surface area contributed by atoms with Crippen molar-refractivity contribution in [2.75, 3.05) is 13.1 Å². The number of amides is 2.